The zero-order valence-electron chi connectivity index (χ0n) is 15.3. The standard InChI is InChI=1S/C19H22N4O4/c1-3-10(2)14-19(27)21-13-6-20-5-4-11(13)7-23(14)16-15(17(25)18(16)26)22-8-12(24)9-22/h4-6,10,12,14,24H,3,7-9H2,1-2H3,(H,21,27)/t10-,14-/m0/s1. The molecule has 1 aromatic heterocycles. The van der Waals surface area contributed by atoms with Crippen LogP contribution >= 0.6 is 0 Å². The van der Waals surface area contributed by atoms with Crippen LogP contribution in [0.15, 0.2) is 28.0 Å². The Labute approximate surface area is 156 Å². The van der Waals surface area contributed by atoms with E-state index in [1.54, 1.807) is 28.3 Å². The van der Waals surface area contributed by atoms with E-state index in [1.807, 2.05) is 13.8 Å². The number of nitrogens with one attached hydrogen (secondary N) is 1. The third-order valence-corrected chi connectivity index (χ3v) is 5.62. The number of nitrogens with zero attached hydrogens (tertiary/aromatic N) is 3. The summed E-state index contributed by atoms with van der Waals surface area (Å²) < 4.78 is 0. The topological polar surface area (TPSA) is 103 Å². The molecule has 1 fully saturated rings. The minimum atomic E-state index is -0.573. The van der Waals surface area contributed by atoms with E-state index in [-0.39, 0.29) is 17.5 Å². The number of carbonyl (C=O) groups is 1. The molecule has 8 nitrogen and oxygen atoms in total. The van der Waals surface area contributed by atoms with Gasteiger partial charge in [-0.1, -0.05) is 20.3 Å². The molecule has 0 unspecified atom stereocenters. The number of fused-ring (bicyclic) bond motifs is 1. The van der Waals surface area contributed by atoms with Gasteiger partial charge in [0.15, 0.2) is 0 Å². The molecule has 2 aliphatic rings. The van der Waals surface area contributed by atoms with E-state index in [0.29, 0.717) is 31.0 Å². The normalized spacial score (nSPS) is 21.4. The molecule has 0 radical (unpaired) electrons. The zero-order valence-corrected chi connectivity index (χ0v) is 15.3. The molecule has 2 atom stereocenters. The van der Waals surface area contributed by atoms with Gasteiger partial charge in [-0.05, 0) is 17.5 Å². The molecule has 2 N–H and O–H groups in total. The second-order valence-electron chi connectivity index (χ2n) is 7.39. The van der Waals surface area contributed by atoms with Gasteiger partial charge in [0.25, 0.3) is 10.9 Å². The molecular weight excluding hydrogens is 348 g/mol. The third kappa shape index (κ3) is 2.71. The minimum Gasteiger partial charge on any atom is -0.389 e. The maximum absolute atomic E-state index is 13.0. The number of hydrogen-bond acceptors (Lipinski definition) is 7. The molecule has 0 saturated carbocycles. The molecule has 0 bridgehead atoms. The van der Waals surface area contributed by atoms with Gasteiger partial charge in [-0.3, -0.25) is 19.4 Å². The van der Waals surface area contributed by atoms with Crippen molar-refractivity contribution in [2.24, 2.45) is 5.92 Å². The summed E-state index contributed by atoms with van der Waals surface area (Å²) in [4.78, 5) is 45.3. The fraction of sp³-hybridized carbons (Fsp3) is 0.474. The predicted molar refractivity (Wildman–Crippen MR) is 102 cm³/mol. The fourth-order valence-corrected chi connectivity index (χ4v) is 3.88. The van der Waals surface area contributed by atoms with Crippen molar-refractivity contribution in [1.29, 1.82) is 0 Å². The number of aliphatic hydroxyl groups is 1. The highest BCUT2D eigenvalue weighted by Gasteiger charge is 2.42. The van der Waals surface area contributed by atoms with Gasteiger partial charge in [0, 0.05) is 25.8 Å². The lowest BCUT2D eigenvalue weighted by Crippen LogP contribution is -2.58. The molecule has 1 amide bonds. The monoisotopic (exact) mass is 370 g/mol. The highest BCUT2D eigenvalue weighted by molar-refractivity contribution is 5.99. The highest BCUT2D eigenvalue weighted by Crippen LogP contribution is 2.35. The number of rotatable bonds is 4. The van der Waals surface area contributed by atoms with Crippen molar-refractivity contribution < 1.29 is 9.90 Å². The van der Waals surface area contributed by atoms with E-state index < -0.39 is 23.0 Å². The van der Waals surface area contributed by atoms with E-state index in [0.717, 1.165) is 12.0 Å². The quantitative estimate of drug-likeness (QED) is 0.743. The van der Waals surface area contributed by atoms with Gasteiger partial charge in [-0.2, -0.15) is 0 Å². The van der Waals surface area contributed by atoms with Crippen LogP contribution in [0.4, 0.5) is 17.1 Å². The Hall–Kier alpha value is -2.74. The third-order valence-electron chi connectivity index (χ3n) is 5.62. The fourth-order valence-electron chi connectivity index (χ4n) is 3.88. The van der Waals surface area contributed by atoms with Crippen molar-refractivity contribution in [3.8, 4) is 0 Å². The Balaban J connectivity index is 1.81. The lowest BCUT2D eigenvalue weighted by Gasteiger charge is -2.42. The smallest absolute Gasteiger partial charge is 0.253 e. The van der Waals surface area contributed by atoms with Crippen LogP contribution in [-0.4, -0.2) is 41.2 Å². The predicted octanol–water partition coefficient (Wildman–Crippen LogP) is 0.232. The minimum absolute atomic E-state index is 0.0218. The molecule has 0 aliphatic carbocycles. The molecule has 0 spiro atoms. The molecule has 2 aromatic rings. The molecule has 2 aliphatic heterocycles. The van der Waals surface area contributed by atoms with E-state index in [9.17, 15) is 19.5 Å². The maximum Gasteiger partial charge on any atom is 0.253 e. The Bertz CT molecular complexity index is 959. The summed E-state index contributed by atoms with van der Waals surface area (Å²) in [7, 11) is 0. The van der Waals surface area contributed by atoms with E-state index in [2.05, 4.69) is 10.3 Å². The van der Waals surface area contributed by atoms with Crippen LogP contribution in [-0.2, 0) is 11.3 Å². The van der Waals surface area contributed by atoms with Crippen LogP contribution in [0, 0.1) is 5.92 Å². The van der Waals surface area contributed by atoms with Gasteiger partial charge < -0.3 is 20.2 Å². The number of anilines is 3. The van der Waals surface area contributed by atoms with Crippen molar-refractivity contribution in [1.82, 2.24) is 4.98 Å². The second kappa shape index (κ2) is 6.45. The Kier molecular flexibility index (Phi) is 4.22. The first kappa shape index (κ1) is 17.7. The summed E-state index contributed by atoms with van der Waals surface area (Å²) in [5.74, 6) is -0.231. The first-order valence-electron chi connectivity index (χ1n) is 9.19. The number of hydrogen-bond donors (Lipinski definition) is 2. The number of amides is 1. The van der Waals surface area contributed by atoms with Crippen LogP contribution in [0.25, 0.3) is 0 Å². The van der Waals surface area contributed by atoms with Gasteiger partial charge in [0.2, 0.25) is 5.91 Å². The highest BCUT2D eigenvalue weighted by atomic mass is 16.3. The van der Waals surface area contributed by atoms with E-state index >= 15 is 0 Å². The number of pyridine rings is 1. The Morgan fingerprint density at radius 3 is 2.63 bits per heavy atom. The lowest BCUT2D eigenvalue weighted by molar-refractivity contribution is -0.118. The second-order valence-corrected chi connectivity index (χ2v) is 7.39. The summed E-state index contributed by atoms with van der Waals surface area (Å²) in [5.41, 5.74) is 0.968. The largest absolute Gasteiger partial charge is 0.389 e. The van der Waals surface area contributed by atoms with Crippen molar-refractivity contribution in [2.45, 2.75) is 39.0 Å². The number of aromatic nitrogens is 1. The number of β-amino-alcohol motifs (C(OH)–C–C–N with tert-alkyl or cyclic N) is 1. The zero-order chi connectivity index (χ0) is 19.3. The molecule has 1 aromatic carbocycles. The Morgan fingerprint density at radius 2 is 1.96 bits per heavy atom. The molecule has 4 rings (SSSR count). The SMILES string of the molecule is CC[C@H](C)[C@H]1C(=O)Nc2cnccc2CN1c1c(N2CC(O)C2)c(=O)c1=O. The molecule has 27 heavy (non-hydrogen) atoms. The van der Waals surface area contributed by atoms with Gasteiger partial charge in [0.1, 0.15) is 17.4 Å². The van der Waals surface area contributed by atoms with Crippen LogP contribution < -0.4 is 26.0 Å². The number of aliphatic hydroxyl groups excluding tert-OH is 1. The molecule has 3 heterocycles. The van der Waals surface area contributed by atoms with Gasteiger partial charge in [0.05, 0.1) is 18.0 Å². The van der Waals surface area contributed by atoms with E-state index in [1.165, 1.54) is 0 Å². The van der Waals surface area contributed by atoms with Crippen LogP contribution in [0.5, 0.6) is 0 Å². The number of carbonyl (C=O) groups excluding carboxylic acids is 1. The van der Waals surface area contributed by atoms with Crippen molar-refractivity contribution >= 4 is 23.0 Å². The molecule has 142 valence electrons. The maximum atomic E-state index is 13.0. The van der Waals surface area contributed by atoms with Crippen LogP contribution in [0.1, 0.15) is 25.8 Å². The molecular formula is C19H22N4O4. The van der Waals surface area contributed by atoms with Crippen LogP contribution in [0.2, 0.25) is 0 Å². The Morgan fingerprint density at radius 1 is 1.26 bits per heavy atom. The van der Waals surface area contributed by atoms with Crippen molar-refractivity contribution in [3.63, 3.8) is 0 Å². The van der Waals surface area contributed by atoms with Gasteiger partial charge in [-0.25, -0.2) is 0 Å². The van der Waals surface area contributed by atoms with Gasteiger partial charge in [-0.15, -0.1) is 0 Å². The first-order chi connectivity index (χ1) is 12.9. The average molecular weight is 370 g/mol. The lowest BCUT2D eigenvalue weighted by atomic mass is 9.94. The summed E-state index contributed by atoms with van der Waals surface area (Å²) in [6, 6.07) is 1.23. The first-order valence-corrected chi connectivity index (χ1v) is 9.19. The van der Waals surface area contributed by atoms with Crippen LogP contribution in [0.3, 0.4) is 0 Å². The molecule has 1 saturated heterocycles. The average Bonchev–Trinajstić information content (AvgIpc) is 2.77. The summed E-state index contributed by atoms with van der Waals surface area (Å²) in [6.07, 6.45) is 3.49. The summed E-state index contributed by atoms with van der Waals surface area (Å²) >= 11 is 0. The van der Waals surface area contributed by atoms with Crippen molar-refractivity contribution in [3.05, 3.63) is 44.5 Å². The summed E-state index contributed by atoms with van der Waals surface area (Å²) in [5, 5.41) is 12.5. The molecule has 8 heteroatoms. The van der Waals surface area contributed by atoms with E-state index in [4.69, 9.17) is 0 Å². The summed E-state index contributed by atoms with van der Waals surface area (Å²) in [6.45, 7) is 4.94. The van der Waals surface area contributed by atoms with Crippen molar-refractivity contribution in [2.75, 3.05) is 28.2 Å². The van der Waals surface area contributed by atoms with Gasteiger partial charge >= 0.3 is 0 Å².